The molecule has 2 aliphatic rings. The minimum absolute atomic E-state index is 0.540. The maximum Gasteiger partial charge on any atom is 0.414 e. The molecule has 1 atom stereocenters. The number of hydrogen-bond donors (Lipinski definition) is 3. The Hall–Kier alpha value is -1.14. The summed E-state index contributed by atoms with van der Waals surface area (Å²) in [5, 5.41) is 18.2. The van der Waals surface area contributed by atoms with Crippen molar-refractivity contribution in [3.05, 3.63) is 0 Å². The van der Waals surface area contributed by atoms with Crippen LogP contribution in [0.1, 0.15) is 19.3 Å². The lowest BCUT2D eigenvalue weighted by Crippen LogP contribution is -2.33. The zero-order valence-corrected chi connectivity index (χ0v) is 9.07. The normalized spacial score (nSPS) is 28.2. The number of aliphatic carboxylic acids is 2. The molecule has 1 unspecified atom stereocenters. The topological polar surface area (TPSA) is 95.9 Å². The Labute approximate surface area is 93.6 Å². The molecule has 2 saturated heterocycles. The molecule has 0 aromatic heterocycles. The van der Waals surface area contributed by atoms with Crippen LogP contribution in [0.15, 0.2) is 0 Å². The van der Waals surface area contributed by atoms with Gasteiger partial charge in [-0.15, -0.1) is 0 Å². The Morgan fingerprint density at radius 3 is 2.25 bits per heavy atom. The molecule has 2 fully saturated rings. The number of nitrogens with one attached hydrogen (secondary N) is 1. The molecular formula is C10H17NO5. The van der Waals surface area contributed by atoms with Crippen molar-refractivity contribution in [1.29, 1.82) is 0 Å². The molecule has 0 bridgehead atoms. The largest absolute Gasteiger partial charge is 0.473 e. The van der Waals surface area contributed by atoms with Crippen LogP contribution >= 0.6 is 0 Å². The fourth-order valence-electron chi connectivity index (χ4n) is 2.04. The van der Waals surface area contributed by atoms with Gasteiger partial charge in [0, 0.05) is 18.6 Å². The van der Waals surface area contributed by atoms with Crippen LogP contribution in [0.4, 0.5) is 0 Å². The molecule has 2 aliphatic heterocycles. The third kappa shape index (κ3) is 3.79. The van der Waals surface area contributed by atoms with Crippen LogP contribution in [0, 0.1) is 5.41 Å². The molecule has 92 valence electrons. The lowest BCUT2D eigenvalue weighted by atomic mass is 9.82. The van der Waals surface area contributed by atoms with Crippen LogP contribution in [0.5, 0.6) is 0 Å². The van der Waals surface area contributed by atoms with E-state index in [0.717, 1.165) is 13.2 Å². The molecule has 0 radical (unpaired) electrons. The van der Waals surface area contributed by atoms with E-state index in [1.165, 1.54) is 32.4 Å². The molecule has 0 aromatic rings. The van der Waals surface area contributed by atoms with Gasteiger partial charge >= 0.3 is 11.9 Å². The van der Waals surface area contributed by atoms with Gasteiger partial charge in [0.05, 0.1) is 6.61 Å². The van der Waals surface area contributed by atoms with Crippen molar-refractivity contribution >= 4 is 11.9 Å². The summed E-state index contributed by atoms with van der Waals surface area (Å²) in [5.74, 6) is -3.65. The fourth-order valence-corrected chi connectivity index (χ4v) is 2.04. The summed E-state index contributed by atoms with van der Waals surface area (Å²) < 4.78 is 5.47. The molecular weight excluding hydrogens is 214 g/mol. The molecule has 2 rings (SSSR count). The summed E-state index contributed by atoms with van der Waals surface area (Å²) in [5.41, 5.74) is 0.540. The lowest BCUT2D eigenvalue weighted by molar-refractivity contribution is -0.159. The van der Waals surface area contributed by atoms with Gasteiger partial charge in [-0.3, -0.25) is 0 Å². The highest BCUT2D eigenvalue weighted by Crippen LogP contribution is 2.33. The van der Waals surface area contributed by atoms with E-state index in [2.05, 4.69) is 5.32 Å². The quantitative estimate of drug-likeness (QED) is 0.505. The van der Waals surface area contributed by atoms with Gasteiger partial charge in [0.15, 0.2) is 0 Å². The zero-order valence-electron chi connectivity index (χ0n) is 9.07. The molecule has 6 nitrogen and oxygen atoms in total. The van der Waals surface area contributed by atoms with Crippen LogP contribution in [0.2, 0.25) is 0 Å². The van der Waals surface area contributed by atoms with Crippen molar-refractivity contribution in [2.24, 2.45) is 5.41 Å². The molecule has 1 spiro atoms. The van der Waals surface area contributed by atoms with Gasteiger partial charge in [-0.05, 0) is 25.8 Å². The first-order valence-corrected chi connectivity index (χ1v) is 5.30. The summed E-state index contributed by atoms with van der Waals surface area (Å²) in [4.78, 5) is 18.2. The number of hydrogen-bond acceptors (Lipinski definition) is 4. The van der Waals surface area contributed by atoms with E-state index in [-0.39, 0.29) is 0 Å². The van der Waals surface area contributed by atoms with E-state index in [9.17, 15) is 0 Å². The van der Waals surface area contributed by atoms with Crippen LogP contribution in [0.3, 0.4) is 0 Å². The van der Waals surface area contributed by atoms with Gasteiger partial charge in [-0.2, -0.15) is 0 Å². The van der Waals surface area contributed by atoms with Crippen LogP contribution in [-0.4, -0.2) is 48.5 Å². The molecule has 16 heavy (non-hydrogen) atoms. The Morgan fingerprint density at radius 1 is 1.19 bits per heavy atom. The molecule has 0 aliphatic carbocycles. The smallest absolute Gasteiger partial charge is 0.414 e. The molecule has 3 N–H and O–H groups in total. The standard InChI is InChI=1S/C8H15NO.C2H2O4/c1-2-8(7-10-5-1)3-4-9-6-8;3-1(4)2(5)6/h9H,1-7H2;(H,3,4)(H,5,6). The van der Waals surface area contributed by atoms with Crippen molar-refractivity contribution in [2.75, 3.05) is 26.3 Å². The number of carboxylic acid groups (broad SMARTS) is 2. The Bertz CT molecular complexity index is 240. The zero-order chi connectivity index (χ0) is 12.0. The van der Waals surface area contributed by atoms with Crippen molar-refractivity contribution in [3.8, 4) is 0 Å². The van der Waals surface area contributed by atoms with Gasteiger partial charge in [0.1, 0.15) is 0 Å². The van der Waals surface area contributed by atoms with E-state index in [0.29, 0.717) is 5.41 Å². The maximum atomic E-state index is 9.10. The van der Waals surface area contributed by atoms with Crippen LogP contribution in [-0.2, 0) is 14.3 Å². The number of ether oxygens (including phenoxy) is 1. The van der Waals surface area contributed by atoms with E-state index in [1.54, 1.807) is 0 Å². The Morgan fingerprint density at radius 2 is 1.88 bits per heavy atom. The third-order valence-corrected chi connectivity index (χ3v) is 2.92. The molecule has 6 heteroatoms. The molecule has 0 amide bonds. The Kier molecular flexibility index (Phi) is 4.70. The minimum Gasteiger partial charge on any atom is -0.473 e. The average Bonchev–Trinajstić information content (AvgIpc) is 2.68. The SMILES string of the molecule is C1COCC2(C1)CCNC2.O=C(O)C(=O)O. The summed E-state index contributed by atoms with van der Waals surface area (Å²) in [6.07, 6.45) is 3.97. The van der Waals surface area contributed by atoms with Gasteiger partial charge in [-0.1, -0.05) is 0 Å². The van der Waals surface area contributed by atoms with Crippen molar-refractivity contribution < 1.29 is 24.5 Å². The summed E-state index contributed by atoms with van der Waals surface area (Å²) in [7, 11) is 0. The predicted molar refractivity (Wildman–Crippen MR) is 55.2 cm³/mol. The van der Waals surface area contributed by atoms with Crippen molar-refractivity contribution in [1.82, 2.24) is 5.32 Å². The molecule has 0 aromatic carbocycles. The summed E-state index contributed by atoms with van der Waals surface area (Å²) in [6, 6.07) is 0. The van der Waals surface area contributed by atoms with E-state index in [4.69, 9.17) is 24.5 Å². The van der Waals surface area contributed by atoms with E-state index >= 15 is 0 Å². The second-order valence-corrected chi connectivity index (χ2v) is 4.19. The molecule has 2 heterocycles. The second kappa shape index (κ2) is 5.81. The first kappa shape index (κ1) is 12.9. The summed E-state index contributed by atoms with van der Waals surface area (Å²) in [6.45, 7) is 4.37. The predicted octanol–water partition coefficient (Wildman–Crippen LogP) is -0.0679. The molecule has 0 saturated carbocycles. The monoisotopic (exact) mass is 231 g/mol. The fraction of sp³-hybridized carbons (Fsp3) is 0.800. The highest BCUT2D eigenvalue weighted by molar-refractivity contribution is 6.27. The van der Waals surface area contributed by atoms with E-state index < -0.39 is 11.9 Å². The van der Waals surface area contributed by atoms with Gasteiger partial charge in [0.25, 0.3) is 0 Å². The van der Waals surface area contributed by atoms with Gasteiger partial charge in [0.2, 0.25) is 0 Å². The average molecular weight is 231 g/mol. The summed E-state index contributed by atoms with van der Waals surface area (Å²) >= 11 is 0. The number of rotatable bonds is 0. The first-order chi connectivity index (χ1) is 7.56. The number of carbonyl (C=O) groups is 2. The van der Waals surface area contributed by atoms with Crippen molar-refractivity contribution in [3.63, 3.8) is 0 Å². The minimum atomic E-state index is -1.82. The second-order valence-electron chi connectivity index (χ2n) is 4.19. The maximum absolute atomic E-state index is 9.10. The highest BCUT2D eigenvalue weighted by atomic mass is 16.5. The van der Waals surface area contributed by atoms with E-state index in [1.807, 2.05) is 0 Å². The van der Waals surface area contributed by atoms with Crippen molar-refractivity contribution in [2.45, 2.75) is 19.3 Å². The highest BCUT2D eigenvalue weighted by Gasteiger charge is 2.35. The third-order valence-electron chi connectivity index (χ3n) is 2.92. The van der Waals surface area contributed by atoms with Gasteiger partial charge in [-0.25, -0.2) is 9.59 Å². The lowest BCUT2D eigenvalue weighted by Gasteiger charge is -2.31. The first-order valence-electron chi connectivity index (χ1n) is 5.30. The van der Waals surface area contributed by atoms with Crippen LogP contribution in [0.25, 0.3) is 0 Å². The number of carboxylic acids is 2. The Balaban J connectivity index is 0.000000187. The van der Waals surface area contributed by atoms with Gasteiger partial charge < -0.3 is 20.3 Å². The van der Waals surface area contributed by atoms with Crippen LogP contribution < -0.4 is 5.32 Å².